The average Bonchev–Trinajstić information content (AvgIpc) is 2.55. The molecule has 0 spiro atoms. The van der Waals surface area contributed by atoms with E-state index in [1.807, 2.05) is 0 Å². The lowest BCUT2D eigenvalue weighted by atomic mass is 10.2. The molecule has 0 amide bonds. The number of halogens is 4. The van der Waals surface area contributed by atoms with E-state index >= 15 is 0 Å². The molecular formula is C11H9F4NO2. The van der Waals surface area contributed by atoms with Crippen molar-refractivity contribution in [1.29, 1.82) is 0 Å². The van der Waals surface area contributed by atoms with Gasteiger partial charge in [-0.1, -0.05) is 0 Å². The number of nitrogens with one attached hydrogen (secondary N) is 1. The van der Waals surface area contributed by atoms with Crippen molar-refractivity contribution in [1.82, 2.24) is 0 Å². The fourth-order valence-corrected chi connectivity index (χ4v) is 1.60. The van der Waals surface area contributed by atoms with Crippen molar-refractivity contribution in [3.05, 3.63) is 29.8 Å². The van der Waals surface area contributed by atoms with Gasteiger partial charge in [-0.3, -0.25) is 0 Å². The number of esters is 1. The number of alkyl halides is 2. The molecule has 1 heterocycles. The van der Waals surface area contributed by atoms with Gasteiger partial charge in [-0.25, -0.2) is 13.6 Å². The number of anilines is 1. The lowest BCUT2D eigenvalue weighted by Gasteiger charge is -2.11. The van der Waals surface area contributed by atoms with Crippen LogP contribution in [0.1, 0.15) is 6.42 Å². The van der Waals surface area contributed by atoms with Gasteiger partial charge < -0.3 is 10.1 Å². The minimum Gasteiger partial charge on any atom is -0.456 e. The van der Waals surface area contributed by atoms with Gasteiger partial charge in [-0.2, -0.15) is 8.78 Å². The number of cyclic esters (lactones) is 1. The minimum atomic E-state index is -3.47. The minimum absolute atomic E-state index is 0.0909. The predicted molar refractivity (Wildman–Crippen MR) is 54.3 cm³/mol. The molecule has 1 saturated heterocycles. The molecule has 0 saturated carbocycles. The quantitative estimate of drug-likeness (QED) is 0.672. The molecule has 0 bridgehead atoms. The molecular weight excluding hydrogens is 254 g/mol. The Morgan fingerprint density at radius 3 is 2.61 bits per heavy atom. The van der Waals surface area contributed by atoms with E-state index < -0.39 is 36.1 Å². The van der Waals surface area contributed by atoms with E-state index in [0.717, 1.165) is 12.1 Å². The molecule has 1 atom stereocenters. The topological polar surface area (TPSA) is 38.3 Å². The van der Waals surface area contributed by atoms with Crippen molar-refractivity contribution >= 4 is 11.7 Å². The third-order valence-corrected chi connectivity index (χ3v) is 2.51. The molecule has 1 aromatic carbocycles. The Morgan fingerprint density at radius 2 is 2.06 bits per heavy atom. The number of rotatable bonds is 3. The van der Waals surface area contributed by atoms with Crippen molar-refractivity contribution in [3.8, 4) is 0 Å². The van der Waals surface area contributed by atoms with Crippen LogP contribution in [-0.2, 0) is 9.53 Å². The molecule has 18 heavy (non-hydrogen) atoms. The molecule has 3 nitrogen and oxygen atoms in total. The summed E-state index contributed by atoms with van der Waals surface area (Å²) < 4.78 is 55.5. The number of ether oxygens (including phenoxy) is 1. The van der Waals surface area contributed by atoms with E-state index in [-0.39, 0.29) is 12.2 Å². The van der Waals surface area contributed by atoms with E-state index in [1.54, 1.807) is 0 Å². The molecule has 0 aliphatic carbocycles. The average molecular weight is 263 g/mol. The first kappa shape index (κ1) is 12.7. The number of hydrogen-bond acceptors (Lipinski definition) is 3. The summed E-state index contributed by atoms with van der Waals surface area (Å²) >= 11 is 0. The fourth-order valence-electron chi connectivity index (χ4n) is 1.60. The predicted octanol–water partition coefficient (Wildman–Crippen LogP) is 2.33. The number of carbonyl (C=O) groups excluding carboxylic acids is 1. The second-order valence-corrected chi connectivity index (χ2v) is 3.95. The first-order chi connectivity index (χ1) is 8.38. The van der Waals surface area contributed by atoms with Gasteiger partial charge in [-0.05, 0) is 12.1 Å². The van der Waals surface area contributed by atoms with Gasteiger partial charge in [0.15, 0.2) is 11.6 Å². The van der Waals surface area contributed by atoms with Gasteiger partial charge in [0.1, 0.15) is 6.10 Å². The second kappa shape index (κ2) is 4.47. The summed E-state index contributed by atoms with van der Waals surface area (Å²) in [6, 6.07) is 3.06. The third kappa shape index (κ3) is 2.55. The summed E-state index contributed by atoms with van der Waals surface area (Å²) in [7, 11) is 0. The summed E-state index contributed by atoms with van der Waals surface area (Å²) in [4.78, 5) is 10.7. The highest BCUT2D eigenvalue weighted by molar-refractivity contribution is 5.79. The summed E-state index contributed by atoms with van der Waals surface area (Å²) in [6.07, 6.45) is -1.71. The Balaban J connectivity index is 1.93. The Kier molecular flexibility index (Phi) is 3.14. The van der Waals surface area contributed by atoms with Crippen LogP contribution in [0.3, 0.4) is 0 Å². The zero-order chi connectivity index (χ0) is 13.3. The number of carbonyl (C=O) groups is 1. The fraction of sp³-hybridized carbons (Fsp3) is 0.364. The van der Waals surface area contributed by atoms with Crippen molar-refractivity contribution in [3.63, 3.8) is 0 Å². The van der Waals surface area contributed by atoms with E-state index in [0.29, 0.717) is 0 Å². The van der Waals surface area contributed by atoms with Gasteiger partial charge in [-0.15, -0.1) is 0 Å². The zero-order valence-electron chi connectivity index (χ0n) is 9.05. The van der Waals surface area contributed by atoms with Crippen molar-refractivity contribution in [2.75, 3.05) is 11.9 Å². The maximum atomic E-state index is 12.8. The molecule has 2 rings (SSSR count). The standard InChI is InChI=1S/C11H9F4NO2/c12-8-2-1-6(3-9(8)13)16-5-7-4-11(14,15)10(17)18-7/h1-3,7,16H,4-5H2. The molecule has 1 unspecified atom stereocenters. The maximum absolute atomic E-state index is 12.8. The summed E-state index contributed by atoms with van der Waals surface area (Å²) in [5.41, 5.74) is 0.222. The lowest BCUT2D eigenvalue weighted by molar-refractivity contribution is -0.158. The van der Waals surface area contributed by atoms with E-state index in [2.05, 4.69) is 10.1 Å². The molecule has 1 aliphatic heterocycles. The van der Waals surface area contributed by atoms with Crippen LogP contribution >= 0.6 is 0 Å². The van der Waals surface area contributed by atoms with Crippen LogP contribution < -0.4 is 5.32 Å². The molecule has 1 aromatic rings. The van der Waals surface area contributed by atoms with Gasteiger partial charge in [0.2, 0.25) is 0 Å². The number of hydrogen-bond donors (Lipinski definition) is 1. The molecule has 0 radical (unpaired) electrons. The Morgan fingerprint density at radius 1 is 1.33 bits per heavy atom. The van der Waals surface area contributed by atoms with Crippen molar-refractivity contribution in [2.45, 2.75) is 18.4 Å². The van der Waals surface area contributed by atoms with E-state index in [4.69, 9.17) is 0 Å². The van der Waals surface area contributed by atoms with Gasteiger partial charge in [0, 0.05) is 11.8 Å². The normalized spacial score (nSPS) is 21.8. The highest BCUT2D eigenvalue weighted by Gasteiger charge is 2.50. The highest BCUT2D eigenvalue weighted by Crippen LogP contribution is 2.30. The Hall–Kier alpha value is -1.79. The third-order valence-electron chi connectivity index (χ3n) is 2.51. The van der Waals surface area contributed by atoms with E-state index in [1.165, 1.54) is 6.07 Å². The van der Waals surface area contributed by atoms with E-state index in [9.17, 15) is 22.4 Å². The van der Waals surface area contributed by atoms with Gasteiger partial charge in [0.05, 0.1) is 13.0 Å². The maximum Gasteiger partial charge on any atom is 0.377 e. The van der Waals surface area contributed by atoms with Crippen LogP contribution in [-0.4, -0.2) is 24.5 Å². The summed E-state index contributed by atoms with van der Waals surface area (Å²) in [5, 5.41) is 2.60. The van der Waals surface area contributed by atoms with Crippen LogP contribution in [0.25, 0.3) is 0 Å². The van der Waals surface area contributed by atoms with Crippen LogP contribution in [0.4, 0.5) is 23.2 Å². The largest absolute Gasteiger partial charge is 0.456 e. The molecule has 1 fully saturated rings. The second-order valence-electron chi connectivity index (χ2n) is 3.95. The van der Waals surface area contributed by atoms with Gasteiger partial charge in [0.25, 0.3) is 0 Å². The molecule has 0 aromatic heterocycles. The molecule has 1 aliphatic rings. The monoisotopic (exact) mass is 263 g/mol. The van der Waals surface area contributed by atoms with Crippen LogP contribution in [0, 0.1) is 11.6 Å². The first-order valence-corrected chi connectivity index (χ1v) is 5.16. The zero-order valence-corrected chi connectivity index (χ0v) is 9.05. The smallest absolute Gasteiger partial charge is 0.377 e. The summed E-state index contributed by atoms with van der Waals surface area (Å²) in [6.45, 7) is -0.0909. The van der Waals surface area contributed by atoms with Crippen LogP contribution in [0.15, 0.2) is 18.2 Å². The van der Waals surface area contributed by atoms with Gasteiger partial charge >= 0.3 is 11.9 Å². The molecule has 7 heteroatoms. The first-order valence-electron chi connectivity index (χ1n) is 5.16. The highest BCUT2D eigenvalue weighted by atomic mass is 19.3. The summed E-state index contributed by atoms with van der Waals surface area (Å²) in [5.74, 6) is -7.08. The Labute approximate surface area is 99.7 Å². The molecule has 98 valence electrons. The van der Waals surface area contributed by atoms with Crippen molar-refractivity contribution < 1.29 is 27.1 Å². The Bertz CT molecular complexity index is 478. The van der Waals surface area contributed by atoms with Crippen LogP contribution in [0.2, 0.25) is 0 Å². The lowest BCUT2D eigenvalue weighted by Crippen LogP contribution is -2.22. The number of benzene rings is 1. The van der Waals surface area contributed by atoms with Crippen molar-refractivity contribution in [2.24, 2.45) is 0 Å². The van der Waals surface area contributed by atoms with Crippen LogP contribution in [0.5, 0.6) is 0 Å². The SMILES string of the molecule is O=C1OC(CNc2ccc(F)c(F)c2)CC1(F)F. The molecule has 1 N–H and O–H groups in total.